The molecule has 1 atom stereocenters. The molecule has 3 rings (SSSR count). The Labute approximate surface area is 146 Å². The van der Waals surface area contributed by atoms with Crippen LogP contribution in [0.3, 0.4) is 0 Å². The molecule has 0 aliphatic heterocycles. The molecule has 0 aromatic heterocycles. The molecule has 0 radical (unpaired) electrons. The van der Waals surface area contributed by atoms with E-state index in [0.717, 1.165) is 36.2 Å². The van der Waals surface area contributed by atoms with Gasteiger partial charge in [-0.15, -0.1) is 0 Å². The molecule has 3 nitrogen and oxygen atoms in total. The van der Waals surface area contributed by atoms with Gasteiger partial charge in [0.25, 0.3) is 5.91 Å². The van der Waals surface area contributed by atoms with Gasteiger partial charge in [-0.25, -0.2) is 4.39 Å². The van der Waals surface area contributed by atoms with E-state index in [1.54, 1.807) is 12.1 Å². The van der Waals surface area contributed by atoms with E-state index in [0.29, 0.717) is 17.6 Å². The van der Waals surface area contributed by atoms with E-state index in [9.17, 15) is 9.18 Å². The van der Waals surface area contributed by atoms with Crippen molar-refractivity contribution in [3.05, 3.63) is 64.4 Å². The third kappa shape index (κ3) is 4.34. The van der Waals surface area contributed by atoms with Crippen molar-refractivity contribution in [1.29, 1.82) is 0 Å². The van der Waals surface area contributed by atoms with Crippen molar-refractivity contribution in [2.24, 2.45) is 0 Å². The van der Waals surface area contributed by atoms with E-state index in [1.807, 2.05) is 25.1 Å². The van der Waals surface area contributed by atoms with Crippen molar-refractivity contribution < 1.29 is 14.1 Å². The van der Waals surface area contributed by atoms with Gasteiger partial charge in [-0.1, -0.05) is 29.8 Å². The second kappa shape index (κ2) is 7.32. The highest BCUT2D eigenvalue weighted by molar-refractivity contribution is 6.31. The fourth-order valence-electron chi connectivity index (χ4n) is 2.85. The van der Waals surface area contributed by atoms with E-state index in [4.69, 9.17) is 11.6 Å². The number of benzene rings is 2. The number of carbonyl (C=O) groups is 1. The first-order chi connectivity index (χ1) is 11.5. The van der Waals surface area contributed by atoms with E-state index in [-0.39, 0.29) is 11.7 Å². The van der Waals surface area contributed by atoms with E-state index < -0.39 is 0 Å². The molecule has 0 saturated heterocycles. The largest absolute Gasteiger partial charge is 0.321 e. The SMILES string of the molecule is Cc1c(Cl)cccc1NC(=O)C[NH+](Cc1ccc(F)cc1)C1CC1. The van der Waals surface area contributed by atoms with Gasteiger partial charge in [0.15, 0.2) is 6.54 Å². The van der Waals surface area contributed by atoms with Crippen LogP contribution in [0.1, 0.15) is 24.0 Å². The minimum absolute atomic E-state index is 0.0237. The number of rotatable bonds is 6. The quantitative estimate of drug-likeness (QED) is 0.827. The lowest BCUT2D eigenvalue weighted by Gasteiger charge is -2.19. The van der Waals surface area contributed by atoms with Crippen LogP contribution in [0, 0.1) is 12.7 Å². The Bertz CT molecular complexity index is 729. The Morgan fingerprint density at radius 1 is 1.25 bits per heavy atom. The lowest BCUT2D eigenvalue weighted by molar-refractivity contribution is -0.916. The second-order valence-electron chi connectivity index (χ2n) is 6.37. The standard InChI is InChI=1S/C19H20ClFN2O/c1-13-17(20)3-2-4-18(13)22-19(24)12-23(16-9-10-16)11-14-5-7-15(21)8-6-14/h2-8,16H,9-12H2,1H3,(H,22,24)/p+1. The summed E-state index contributed by atoms with van der Waals surface area (Å²) in [5.74, 6) is -0.259. The van der Waals surface area contributed by atoms with Crippen molar-refractivity contribution in [3.8, 4) is 0 Å². The summed E-state index contributed by atoms with van der Waals surface area (Å²) in [6, 6.07) is 12.5. The number of hydrogen-bond donors (Lipinski definition) is 2. The van der Waals surface area contributed by atoms with Crippen molar-refractivity contribution in [2.45, 2.75) is 32.4 Å². The summed E-state index contributed by atoms with van der Waals surface area (Å²) >= 11 is 6.10. The highest BCUT2D eigenvalue weighted by atomic mass is 35.5. The van der Waals surface area contributed by atoms with Crippen LogP contribution in [-0.2, 0) is 11.3 Å². The van der Waals surface area contributed by atoms with Crippen LogP contribution < -0.4 is 10.2 Å². The zero-order valence-corrected chi connectivity index (χ0v) is 14.4. The maximum Gasteiger partial charge on any atom is 0.279 e. The Kier molecular flexibility index (Phi) is 5.17. The molecule has 5 heteroatoms. The van der Waals surface area contributed by atoms with Gasteiger partial charge in [-0.05, 0) is 36.8 Å². The molecule has 0 bridgehead atoms. The number of carbonyl (C=O) groups excluding carboxylic acids is 1. The van der Waals surface area contributed by atoms with Gasteiger partial charge < -0.3 is 10.2 Å². The summed E-state index contributed by atoms with van der Waals surface area (Å²) in [6.07, 6.45) is 2.28. The molecule has 1 aliphatic rings. The summed E-state index contributed by atoms with van der Waals surface area (Å²) in [6.45, 7) is 3.02. The molecule has 2 aromatic carbocycles. The van der Waals surface area contributed by atoms with Gasteiger partial charge in [-0.2, -0.15) is 0 Å². The van der Waals surface area contributed by atoms with E-state index >= 15 is 0 Å². The molecule has 1 unspecified atom stereocenters. The van der Waals surface area contributed by atoms with Crippen LogP contribution >= 0.6 is 11.6 Å². The number of hydrogen-bond acceptors (Lipinski definition) is 1. The first kappa shape index (κ1) is 16.9. The van der Waals surface area contributed by atoms with Gasteiger partial charge in [-0.3, -0.25) is 4.79 Å². The van der Waals surface area contributed by atoms with Crippen molar-refractivity contribution >= 4 is 23.2 Å². The average molecular weight is 348 g/mol. The van der Waals surface area contributed by atoms with Gasteiger partial charge in [0.1, 0.15) is 12.4 Å². The zero-order valence-electron chi connectivity index (χ0n) is 13.6. The van der Waals surface area contributed by atoms with Crippen molar-refractivity contribution in [3.63, 3.8) is 0 Å². The fourth-order valence-corrected chi connectivity index (χ4v) is 3.03. The first-order valence-corrected chi connectivity index (χ1v) is 8.54. The number of amides is 1. The van der Waals surface area contributed by atoms with Crippen molar-refractivity contribution in [1.82, 2.24) is 0 Å². The monoisotopic (exact) mass is 347 g/mol. The molecule has 1 aliphatic carbocycles. The van der Waals surface area contributed by atoms with Crippen LogP contribution in [-0.4, -0.2) is 18.5 Å². The normalized spacial score (nSPS) is 15.1. The molecule has 2 N–H and O–H groups in total. The number of quaternary nitrogens is 1. The molecule has 0 heterocycles. The summed E-state index contributed by atoms with van der Waals surface area (Å²) in [5.41, 5.74) is 2.67. The van der Waals surface area contributed by atoms with Crippen LogP contribution in [0.4, 0.5) is 10.1 Å². The number of nitrogens with one attached hydrogen (secondary N) is 2. The van der Waals surface area contributed by atoms with E-state index in [2.05, 4.69) is 5.32 Å². The maximum absolute atomic E-state index is 13.0. The van der Waals surface area contributed by atoms with Gasteiger partial charge >= 0.3 is 0 Å². The van der Waals surface area contributed by atoms with Crippen LogP contribution in [0.2, 0.25) is 5.02 Å². The molecular formula is C19H21ClFN2O+. The average Bonchev–Trinajstić information content (AvgIpc) is 3.38. The molecule has 1 amide bonds. The Morgan fingerprint density at radius 2 is 1.96 bits per heavy atom. The number of halogens is 2. The van der Waals surface area contributed by atoms with Gasteiger partial charge in [0, 0.05) is 29.1 Å². The first-order valence-electron chi connectivity index (χ1n) is 8.17. The fraction of sp³-hybridized carbons (Fsp3) is 0.316. The second-order valence-corrected chi connectivity index (χ2v) is 6.78. The van der Waals surface area contributed by atoms with Crippen LogP contribution in [0.25, 0.3) is 0 Å². The van der Waals surface area contributed by atoms with Crippen LogP contribution in [0.5, 0.6) is 0 Å². The molecular weight excluding hydrogens is 327 g/mol. The maximum atomic E-state index is 13.0. The summed E-state index contributed by atoms with van der Waals surface area (Å²) < 4.78 is 13.0. The minimum Gasteiger partial charge on any atom is -0.321 e. The molecule has 24 heavy (non-hydrogen) atoms. The lowest BCUT2D eigenvalue weighted by atomic mass is 10.2. The molecule has 1 saturated carbocycles. The predicted molar refractivity (Wildman–Crippen MR) is 93.8 cm³/mol. The van der Waals surface area contributed by atoms with Gasteiger partial charge in [0.2, 0.25) is 0 Å². The Hall–Kier alpha value is -1.91. The topological polar surface area (TPSA) is 33.5 Å². The smallest absolute Gasteiger partial charge is 0.279 e. The molecule has 1 fully saturated rings. The Morgan fingerprint density at radius 3 is 2.62 bits per heavy atom. The third-order valence-corrected chi connectivity index (χ3v) is 4.84. The van der Waals surface area contributed by atoms with Crippen molar-refractivity contribution in [2.75, 3.05) is 11.9 Å². The third-order valence-electron chi connectivity index (χ3n) is 4.43. The summed E-state index contributed by atoms with van der Waals surface area (Å²) in [4.78, 5) is 13.6. The number of anilines is 1. The minimum atomic E-state index is -0.235. The van der Waals surface area contributed by atoms with E-state index in [1.165, 1.54) is 17.0 Å². The van der Waals surface area contributed by atoms with Crippen LogP contribution in [0.15, 0.2) is 42.5 Å². The highest BCUT2D eigenvalue weighted by Gasteiger charge is 2.34. The summed E-state index contributed by atoms with van der Waals surface area (Å²) in [7, 11) is 0. The summed E-state index contributed by atoms with van der Waals surface area (Å²) in [5, 5.41) is 3.60. The zero-order chi connectivity index (χ0) is 17.1. The molecule has 0 spiro atoms. The highest BCUT2D eigenvalue weighted by Crippen LogP contribution is 2.22. The molecule has 126 valence electrons. The lowest BCUT2D eigenvalue weighted by Crippen LogP contribution is -3.13. The Balaban J connectivity index is 1.64. The molecule has 2 aromatic rings. The van der Waals surface area contributed by atoms with Gasteiger partial charge in [0.05, 0.1) is 6.04 Å². The predicted octanol–water partition coefficient (Wildman–Crippen LogP) is 2.97.